The SMILES string of the molecule is CCCC[C@H](N)C(=O)NCC(C)CN1CCCCC1. The van der Waals surface area contributed by atoms with Gasteiger partial charge < -0.3 is 16.0 Å². The van der Waals surface area contributed by atoms with Crippen molar-refractivity contribution in [3.8, 4) is 0 Å². The minimum absolute atomic E-state index is 0.0129. The summed E-state index contributed by atoms with van der Waals surface area (Å²) in [5, 5.41) is 2.99. The Kier molecular flexibility index (Phi) is 8.07. The number of unbranched alkanes of at least 4 members (excludes halogenated alkanes) is 1. The monoisotopic (exact) mass is 269 g/mol. The van der Waals surface area contributed by atoms with E-state index >= 15 is 0 Å². The second kappa shape index (κ2) is 9.32. The Hall–Kier alpha value is -0.610. The molecule has 1 unspecified atom stereocenters. The highest BCUT2D eigenvalue weighted by atomic mass is 16.2. The van der Waals surface area contributed by atoms with Crippen molar-refractivity contribution in [3.63, 3.8) is 0 Å². The van der Waals surface area contributed by atoms with Gasteiger partial charge in [-0.05, 0) is 38.3 Å². The van der Waals surface area contributed by atoms with Gasteiger partial charge in [-0.3, -0.25) is 4.79 Å². The minimum Gasteiger partial charge on any atom is -0.354 e. The number of carbonyl (C=O) groups excluding carboxylic acids is 1. The Balaban J connectivity index is 2.14. The van der Waals surface area contributed by atoms with E-state index in [2.05, 4.69) is 24.1 Å². The number of hydrogen-bond acceptors (Lipinski definition) is 3. The Morgan fingerprint density at radius 3 is 2.63 bits per heavy atom. The van der Waals surface area contributed by atoms with Gasteiger partial charge in [0.25, 0.3) is 0 Å². The van der Waals surface area contributed by atoms with Crippen LogP contribution in [0.15, 0.2) is 0 Å². The smallest absolute Gasteiger partial charge is 0.236 e. The lowest BCUT2D eigenvalue weighted by Crippen LogP contribution is -2.44. The minimum atomic E-state index is -0.331. The molecule has 1 saturated heterocycles. The Morgan fingerprint density at radius 2 is 2.00 bits per heavy atom. The lowest BCUT2D eigenvalue weighted by atomic mass is 10.1. The molecule has 1 aliphatic heterocycles. The van der Waals surface area contributed by atoms with Crippen LogP contribution in [0.4, 0.5) is 0 Å². The third kappa shape index (κ3) is 6.92. The van der Waals surface area contributed by atoms with Crippen molar-refractivity contribution in [2.24, 2.45) is 11.7 Å². The molecule has 1 amide bonds. The first kappa shape index (κ1) is 16.4. The fraction of sp³-hybridized carbons (Fsp3) is 0.933. The van der Waals surface area contributed by atoms with E-state index in [0.717, 1.165) is 32.4 Å². The van der Waals surface area contributed by atoms with Gasteiger partial charge in [-0.1, -0.05) is 33.1 Å². The number of likely N-dealkylation sites (tertiary alicyclic amines) is 1. The van der Waals surface area contributed by atoms with Crippen LogP contribution in [0.25, 0.3) is 0 Å². The molecular weight excluding hydrogens is 238 g/mol. The maximum absolute atomic E-state index is 11.8. The molecule has 19 heavy (non-hydrogen) atoms. The Morgan fingerprint density at radius 1 is 1.32 bits per heavy atom. The normalized spacial score (nSPS) is 19.9. The summed E-state index contributed by atoms with van der Waals surface area (Å²) < 4.78 is 0. The molecule has 0 bridgehead atoms. The average Bonchev–Trinajstić information content (AvgIpc) is 2.43. The number of amides is 1. The van der Waals surface area contributed by atoms with Gasteiger partial charge in [0.2, 0.25) is 5.91 Å². The van der Waals surface area contributed by atoms with E-state index < -0.39 is 0 Å². The van der Waals surface area contributed by atoms with Crippen LogP contribution in [0.2, 0.25) is 0 Å². The van der Waals surface area contributed by atoms with Crippen LogP contribution in [0.1, 0.15) is 52.4 Å². The Bertz CT molecular complexity index is 252. The molecular formula is C15H31N3O. The molecule has 0 aromatic carbocycles. The van der Waals surface area contributed by atoms with E-state index in [4.69, 9.17) is 5.73 Å². The fourth-order valence-electron chi connectivity index (χ4n) is 2.61. The van der Waals surface area contributed by atoms with Crippen LogP contribution in [0, 0.1) is 5.92 Å². The molecule has 0 saturated carbocycles. The first-order chi connectivity index (χ1) is 9.13. The van der Waals surface area contributed by atoms with E-state index in [-0.39, 0.29) is 11.9 Å². The predicted octanol–water partition coefficient (Wildman–Crippen LogP) is 1.74. The molecule has 1 aliphatic rings. The van der Waals surface area contributed by atoms with Gasteiger partial charge in [0.1, 0.15) is 0 Å². The number of nitrogens with two attached hydrogens (primary N) is 1. The second-order valence-electron chi connectivity index (χ2n) is 5.96. The molecule has 1 heterocycles. The van der Waals surface area contributed by atoms with Crippen molar-refractivity contribution >= 4 is 5.91 Å². The molecule has 0 radical (unpaired) electrons. The molecule has 0 aromatic heterocycles. The molecule has 112 valence electrons. The van der Waals surface area contributed by atoms with Crippen molar-refractivity contribution < 1.29 is 4.79 Å². The fourth-order valence-corrected chi connectivity index (χ4v) is 2.61. The molecule has 0 aromatic rings. The van der Waals surface area contributed by atoms with Crippen molar-refractivity contribution in [1.82, 2.24) is 10.2 Å². The highest BCUT2D eigenvalue weighted by Gasteiger charge is 2.16. The van der Waals surface area contributed by atoms with E-state index in [1.807, 2.05) is 0 Å². The molecule has 1 fully saturated rings. The van der Waals surface area contributed by atoms with E-state index in [1.165, 1.54) is 32.4 Å². The van der Waals surface area contributed by atoms with E-state index in [0.29, 0.717) is 5.92 Å². The van der Waals surface area contributed by atoms with E-state index in [9.17, 15) is 4.79 Å². The van der Waals surface area contributed by atoms with Gasteiger partial charge in [0, 0.05) is 13.1 Å². The van der Waals surface area contributed by atoms with Gasteiger partial charge in [0.15, 0.2) is 0 Å². The zero-order valence-corrected chi connectivity index (χ0v) is 12.7. The molecule has 2 atom stereocenters. The van der Waals surface area contributed by atoms with Crippen molar-refractivity contribution in [2.75, 3.05) is 26.2 Å². The van der Waals surface area contributed by atoms with Crippen LogP contribution in [-0.2, 0) is 4.79 Å². The molecule has 0 spiro atoms. The molecule has 1 rings (SSSR count). The number of rotatable bonds is 8. The Labute approximate surface area is 118 Å². The third-order valence-electron chi connectivity index (χ3n) is 3.85. The van der Waals surface area contributed by atoms with Crippen molar-refractivity contribution in [3.05, 3.63) is 0 Å². The van der Waals surface area contributed by atoms with Crippen LogP contribution in [-0.4, -0.2) is 43.0 Å². The topological polar surface area (TPSA) is 58.4 Å². The van der Waals surface area contributed by atoms with Gasteiger partial charge in [0.05, 0.1) is 6.04 Å². The first-order valence-corrected chi connectivity index (χ1v) is 7.89. The number of hydrogen-bond donors (Lipinski definition) is 2. The summed E-state index contributed by atoms with van der Waals surface area (Å²) in [5.74, 6) is 0.513. The molecule has 3 N–H and O–H groups in total. The van der Waals surface area contributed by atoms with E-state index in [1.54, 1.807) is 0 Å². The molecule has 4 heteroatoms. The third-order valence-corrected chi connectivity index (χ3v) is 3.85. The number of nitrogens with one attached hydrogen (secondary N) is 1. The summed E-state index contributed by atoms with van der Waals surface area (Å²) in [4.78, 5) is 14.3. The summed E-state index contributed by atoms with van der Waals surface area (Å²) in [5.41, 5.74) is 5.85. The van der Waals surface area contributed by atoms with Gasteiger partial charge in [-0.2, -0.15) is 0 Å². The van der Waals surface area contributed by atoms with Gasteiger partial charge in [-0.15, -0.1) is 0 Å². The summed E-state index contributed by atoms with van der Waals surface area (Å²) in [6.45, 7) is 8.58. The first-order valence-electron chi connectivity index (χ1n) is 7.89. The lowest BCUT2D eigenvalue weighted by molar-refractivity contribution is -0.122. The van der Waals surface area contributed by atoms with Gasteiger partial charge >= 0.3 is 0 Å². The lowest BCUT2D eigenvalue weighted by Gasteiger charge is -2.29. The van der Waals surface area contributed by atoms with Crippen LogP contribution < -0.4 is 11.1 Å². The average molecular weight is 269 g/mol. The summed E-state index contributed by atoms with van der Waals surface area (Å²) in [6, 6.07) is -0.331. The number of piperidine rings is 1. The van der Waals surface area contributed by atoms with Crippen molar-refractivity contribution in [1.29, 1.82) is 0 Å². The van der Waals surface area contributed by atoms with Gasteiger partial charge in [-0.25, -0.2) is 0 Å². The quantitative estimate of drug-likeness (QED) is 0.706. The predicted molar refractivity (Wildman–Crippen MR) is 80.0 cm³/mol. The maximum atomic E-state index is 11.8. The molecule has 4 nitrogen and oxygen atoms in total. The highest BCUT2D eigenvalue weighted by molar-refractivity contribution is 5.81. The standard InChI is InChI=1S/C15H31N3O/c1-3-4-8-14(16)15(19)17-11-13(2)12-18-9-6-5-7-10-18/h13-14H,3-12,16H2,1-2H3,(H,17,19)/t13?,14-/m0/s1. The summed E-state index contributed by atoms with van der Waals surface area (Å²) in [7, 11) is 0. The zero-order valence-electron chi connectivity index (χ0n) is 12.7. The zero-order chi connectivity index (χ0) is 14.1. The largest absolute Gasteiger partial charge is 0.354 e. The summed E-state index contributed by atoms with van der Waals surface area (Å²) >= 11 is 0. The number of nitrogens with zero attached hydrogens (tertiary/aromatic N) is 1. The van der Waals surface area contributed by atoms with Crippen LogP contribution in [0.5, 0.6) is 0 Å². The maximum Gasteiger partial charge on any atom is 0.236 e. The molecule has 0 aliphatic carbocycles. The number of carbonyl (C=O) groups is 1. The van der Waals surface area contributed by atoms with Crippen LogP contribution in [0.3, 0.4) is 0 Å². The highest BCUT2D eigenvalue weighted by Crippen LogP contribution is 2.10. The summed E-state index contributed by atoms with van der Waals surface area (Å²) in [6.07, 6.45) is 6.92. The van der Waals surface area contributed by atoms with Crippen molar-refractivity contribution in [2.45, 2.75) is 58.4 Å². The second-order valence-corrected chi connectivity index (χ2v) is 5.96. The van der Waals surface area contributed by atoms with Crippen LogP contribution >= 0.6 is 0 Å².